The Morgan fingerprint density at radius 3 is 2.75 bits per heavy atom. The van der Waals surface area contributed by atoms with Crippen LogP contribution in [0.4, 0.5) is 5.69 Å². The number of nitrogens with zero attached hydrogens (tertiary/aromatic N) is 1. The van der Waals surface area contributed by atoms with Crippen LogP contribution in [-0.4, -0.2) is 18.6 Å². The molecular weight excluding hydrogens is 256 g/mol. The fraction of sp³-hybridized carbons (Fsp3) is 0.600. The molecule has 5 heteroatoms. The van der Waals surface area contributed by atoms with Gasteiger partial charge in [0.2, 0.25) is 0 Å². The summed E-state index contributed by atoms with van der Waals surface area (Å²) < 4.78 is 5.00. The maximum Gasteiger partial charge on any atom is 0.311 e. The van der Waals surface area contributed by atoms with E-state index in [-0.39, 0.29) is 5.69 Å². The fourth-order valence-electron chi connectivity index (χ4n) is 2.68. The molecule has 1 N–H and O–H groups in total. The second-order valence-electron chi connectivity index (χ2n) is 5.62. The molecule has 1 aliphatic rings. The van der Waals surface area contributed by atoms with Gasteiger partial charge < -0.3 is 10.1 Å². The van der Waals surface area contributed by atoms with Gasteiger partial charge in [0.25, 0.3) is 0 Å². The van der Waals surface area contributed by atoms with Crippen LogP contribution in [0.25, 0.3) is 0 Å². The van der Waals surface area contributed by atoms with Crippen molar-refractivity contribution in [3.8, 4) is 5.75 Å². The van der Waals surface area contributed by atoms with Crippen LogP contribution in [0.1, 0.15) is 38.2 Å². The SMILES string of the molecule is CCCC1(CNCc2ccc(OC)c([N+](=O)[O-])c2)CC1. The fourth-order valence-corrected chi connectivity index (χ4v) is 2.68. The second kappa shape index (κ2) is 6.22. The monoisotopic (exact) mass is 278 g/mol. The van der Waals surface area contributed by atoms with Crippen LogP contribution in [0.2, 0.25) is 0 Å². The van der Waals surface area contributed by atoms with E-state index < -0.39 is 4.92 Å². The molecule has 20 heavy (non-hydrogen) atoms. The van der Waals surface area contributed by atoms with E-state index in [1.807, 2.05) is 6.07 Å². The third-order valence-electron chi connectivity index (χ3n) is 4.01. The molecule has 0 bridgehead atoms. The molecule has 0 saturated heterocycles. The molecule has 0 aromatic heterocycles. The molecule has 1 aromatic rings. The quantitative estimate of drug-likeness (QED) is 0.585. The van der Waals surface area contributed by atoms with Crippen molar-refractivity contribution in [2.24, 2.45) is 5.41 Å². The maximum atomic E-state index is 11.0. The zero-order valence-corrected chi connectivity index (χ0v) is 12.1. The Balaban J connectivity index is 1.93. The molecule has 2 rings (SSSR count). The first-order chi connectivity index (χ1) is 9.60. The van der Waals surface area contributed by atoms with E-state index >= 15 is 0 Å². The number of nitrogens with one attached hydrogen (secondary N) is 1. The lowest BCUT2D eigenvalue weighted by Gasteiger charge is -2.15. The average Bonchev–Trinajstić information content (AvgIpc) is 3.19. The highest BCUT2D eigenvalue weighted by Crippen LogP contribution is 2.48. The highest BCUT2D eigenvalue weighted by molar-refractivity contribution is 5.48. The molecule has 1 saturated carbocycles. The summed E-state index contributed by atoms with van der Waals surface area (Å²) in [6.07, 6.45) is 5.09. The van der Waals surface area contributed by atoms with Crippen molar-refractivity contribution in [1.29, 1.82) is 0 Å². The summed E-state index contributed by atoms with van der Waals surface area (Å²) in [6, 6.07) is 5.12. The van der Waals surface area contributed by atoms with E-state index in [2.05, 4.69) is 12.2 Å². The number of rotatable bonds is 8. The molecule has 1 fully saturated rings. The van der Waals surface area contributed by atoms with E-state index in [1.54, 1.807) is 12.1 Å². The van der Waals surface area contributed by atoms with Gasteiger partial charge in [-0.3, -0.25) is 10.1 Å². The lowest BCUT2D eigenvalue weighted by atomic mass is 10.0. The van der Waals surface area contributed by atoms with Gasteiger partial charge in [0.05, 0.1) is 12.0 Å². The van der Waals surface area contributed by atoms with Gasteiger partial charge in [0.1, 0.15) is 0 Å². The number of hydrogen-bond acceptors (Lipinski definition) is 4. The van der Waals surface area contributed by atoms with Crippen LogP contribution in [0, 0.1) is 15.5 Å². The van der Waals surface area contributed by atoms with Gasteiger partial charge in [0, 0.05) is 19.2 Å². The Labute approximate surface area is 119 Å². The molecular formula is C15H22N2O3. The summed E-state index contributed by atoms with van der Waals surface area (Å²) in [4.78, 5) is 10.6. The number of ether oxygens (including phenoxy) is 1. The number of nitro benzene ring substituents is 1. The van der Waals surface area contributed by atoms with Crippen molar-refractivity contribution in [2.45, 2.75) is 39.2 Å². The number of methoxy groups -OCH3 is 1. The predicted molar refractivity (Wildman–Crippen MR) is 77.9 cm³/mol. The van der Waals surface area contributed by atoms with Crippen molar-refractivity contribution < 1.29 is 9.66 Å². The smallest absolute Gasteiger partial charge is 0.311 e. The first-order valence-corrected chi connectivity index (χ1v) is 7.12. The van der Waals surface area contributed by atoms with E-state index in [0.29, 0.717) is 17.7 Å². The molecule has 0 heterocycles. The Bertz CT molecular complexity index is 484. The molecule has 5 nitrogen and oxygen atoms in total. The van der Waals surface area contributed by atoms with Gasteiger partial charge in [-0.05, 0) is 36.3 Å². The molecule has 0 radical (unpaired) electrons. The first-order valence-electron chi connectivity index (χ1n) is 7.12. The lowest BCUT2D eigenvalue weighted by Crippen LogP contribution is -2.23. The van der Waals surface area contributed by atoms with Crippen LogP contribution in [-0.2, 0) is 6.54 Å². The topological polar surface area (TPSA) is 64.4 Å². The first kappa shape index (κ1) is 14.8. The van der Waals surface area contributed by atoms with Gasteiger partial charge in [-0.2, -0.15) is 0 Å². The van der Waals surface area contributed by atoms with Gasteiger partial charge in [-0.1, -0.05) is 19.4 Å². The van der Waals surface area contributed by atoms with Crippen LogP contribution < -0.4 is 10.1 Å². The largest absolute Gasteiger partial charge is 0.490 e. The normalized spacial score (nSPS) is 15.9. The average molecular weight is 278 g/mol. The molecule has 110 valence electrons. The molecule has 1 aromatic carbocycles. The van der Waals surface area contributed by atoms with Crippen molar-refractivity contribution in [3.05, 3.63) is 33.9 Å². The highest BCUT2D eigenvalue weighted by Gasteiger charge is 2.40. The van der Waals surface area contributed by atoms with Gasteiger partial charge in [-0.25, -0.2) is 0 Å². The van der Waals surface area contributed by atoms with Crippen LogP contribution in [0.3, 0.4) is 0 Å². The summed E-state index contributed by atoms with van der Waals surface area (Å²) in [6.45, 7) is 3.88. The van der Waals surface area contributed by atoms with Gasteiger partial charge >= 0.3 is 5.69 Å². The predicted octanol–water partition coefficient (Wildman–Crippen LogP) is 3.27. The molecule has 0 amide bonds. The van der Waals surface area contributed by atoms with E-state index in [4.69, 9.17) is 4.74 Å². The molecule has 1 aliphatic carbocycles. The van der Waals surface area contributed by atoms with Crippen molar-refractivity contribution in [2.75, 3.05) is 13.7 Å². The maximum absolute atomic E-state index is 11.0. The third kappa shape index (κ3) is 3.48. The number of hydrogen-bond donors (Lipinski definition) is 1. The van der Waals surface area contributed by atoms with Gasteiger partial charge in [-0.15, -0.1) is 0 Å². The van der Waals surface area contributed by atoms with Crippen LogP contribution >= 0.6 is 0 Å². The lowest BCUT2D eigenvalue weighted by molar-refractivity contribution is -0.385. The van der Waals surface area contributed by atoms with E-state index in [9.17, 15) is 10.1 Å². The number of nitro groups is 1. The second-order valence-corrected chi connectivity index (χ2v) is 5.62. The third-order valence-corrected chi connectivity index (χ3v) is 4.01. The minimum absolute atomic E-state index is 0.0292. The van der Waals surface area contributed by atoms with Crippen molar-refractivity contribution in [1.82, 2.24) is 5.32 Å². The van der Waals surface area contributed by atoms with Crippen molar-refractivity contribution in [3.63, 3.8) is 0 Å². The zero-order chi connectivity index (χ0) is 14.6. The van der Waals surface area contributed by atoms with E-state index in [0.717, 1.165) is 12.1 Å². The minimum atomic E-state index is -0.401. The van der Waals surface area contributed by atoms with Crippen LogP contribution in [0.5, 0.6) is 5.75 Å². The summed E-state index contributed by atoms with van der Waals surface area (Å²) in [5.74, 6) is 0.309. The minimum Gasteiger partial charge on any atom is -0.490 e. The summed E-state index contributed by atoms with van der Waals surface area (Å²) in [5, 5.41) is 14.4. The summed E-state index contributed by atoms with van der Waals surface area (Å²) in [7, 11) is 1.45. The molecule has 0 unspecified atom stereocenters. The van der Waals surface area contributed by atoms with Crippen molar-refractivity contribution >= 4 is 5.69 Å². The molecule has 0 aliphatic heterocycles. The Morgan fingerprint density at radius 2 is 2.20 bits per heavy atom. The Morgan fingerprint density at radius 1 is 1.45 bits per heavy atom. The Hall–Kier alpha value is -1.62. The zero-order valence-electron chi connectivity index (χ0n) is 12.1. The van der Waals surface area contributed by atoms with E-state index in [1.165, 1.54) is 32.8 Å². The Kier molecular flexibility index (Phi) is 4.60. The highest BCUT2D eigenvalue weighted by atomic mass is 16.6. The molecule has 0 spiro atoms. The van der Waals surface area contributed by atoms with Crippen LogP contribution in [0.15, 0.2) is 18.2 Å². The standard InChI is InChI=1S/C15H22N2O3/c1-3-6-15(7-8-15)11-16-10-12-4-5-14(20-2)13(9-12)17(18)19/h4-5,9,16H,3,6-8,10-11H2,1-2H3. The number of benzene rings is 1. The van der Waals surface area contributed by atoms with Gasteiger partial charge in [0.15, 0.2) is 5.75 Å². The molecule has 0 atom stereocenters. The summed E-state index contributed by atoms with van der Waals surface area (Å²) >= 11 is 0. The summed E-state index contributed by atoms with van der Waals surface area (Å²) in [5.41, 5.74) is 1.44.